The lowest BCUT2D eigenvalue weighted by Gasteiger charge is -2.34. The molecule has 0 bridgehead atoms. The molecule has 5 rings (SSSR count). The number of fused-ring (bicyclic) bond motifs is 1. The first-order chi connectivity index (χ1) is 17.5. The summed E-state index contributed by atoms with van der Waals surface area (Å²) in [6, 6.07) is 16.6. The summed E-state index contributed by atoms with van der Waals surface area (Å²) in [4.78, 5) is 24.1. The van der Waals surface area contributed by atoms with Crippen LogP contribution in [-0.2, 0) is 11.3 Å². The Balaban J connectivity index is 1.35. The SMILES string of the molecule is O=C(O)CN1CCN(c2ccc(-c3ccc4ncc(Cl)c(NCc5ccccc5F)c4c3)cn2)CC1. The van der Waals surface area contributed by atoms with Gasteiger partial charge in [-0.25, -0.2) is 9.37 Å². The van der Waals surface area contributed by atoms with Crippen molar-refractivity contribution >= 4 is 40.0 Å². The highest BCUT2D eigenvalue weighted by atomic mass is 35.5. The van der Waals surface area contributed by atoms with E-state index < -0.39 is 5.97 Å². The van der Waals surface area contributed by atoms with E-state index in [1.54, 1.807) is 24.4 Å². The Labute approximate surface area is 213 Å². The maximum Gasteiger partial charge on any atom is 0.317 e. The van der Waals surface area contributed by atoms with E-state index >= 15 is 0 Å². The Morgan fingerprint density at radius 1 is 1.00 bits per heavy atom. The molecule has 1 aliphatic heterocycles. The van der Waals surface area contributed by atoms with Crippen molar-refractivity contribution in [1.82, 2.24) is 14.9 Å². The summed E-state index contributed by atoms with van der Waals surface area (Å²) in [7, 11) is 0. The zero-order valence-corrected chi connectivity index (χ0v) is 20.2. The minimum atomic E-state index is -0.802. The van der Waals surface area contributed by atoms with Crippen molar-refractivity contribution in [2.75, 3.05) is 42.9 Å². The van der Waals surface area contributed by atoms with E-state index in [1.807, 2.05) is 41.4 Å². The fourth-order valence-corrected chi connectivity index (χ4v) is 4.64. The van der Waals surface area contributed by atoms with Crippen LogP contribution in [0, 0.1) is 5.82 Å². The quantitative estimate of drug-likeness (QED) is 0.369. The number of anilines is 2. The molecule has 7 nitrogen and oxygen atoms in total. The normalized spacial score (nSPS) is 14.2. The van der Waals surface area contributed by atoms with Crippen LogP contribution in [0.2, 0.25) is 5.02 Å². The molecule has 0 unspecified atom stereocenters. The number of nitrogens with one attached hydrogen (secondary N) is 1. The van der Waals surface area contributed by atoms with E-state index in [-0.39, 0.29) is 12.4 Å². The molecule has 1 fully saturated rings. The van der Waals surface area contributed by atoms with Crippen molar-refractivity contribution in [2.45, 2.75) is 6.54 Å². The molecule has 0 atom stereocenters. The maximum absolute atomic E-state index is 14.1. The summed E-state index contributed by atoms with van der Waals surface area (Å²) >= 11 is 6.48. The van der Waals surface area contributed by atoms with Gasteiger partial charge in [0.1, 0.15) is 11.6 Å². The van der Waals surface area contributed by atoms with Gasteiger partial charge in [0.15, 0.2) is 0 Å². The van der Waals surface area contributed by atoms with Crippen LogP contribution in [0.5, 0.6) is 0 Å². The highest BCUT2D eigenvalue weighted by Gasteiger charge is 2.19. The number of pyridine rings is 2. The third-order valence-corrected chi connectivity index (χ3v) is 6.66. The average molecular weight is 506 g/mol. The Bertz CT molecular complexity index is 1390. The molecule has 184 valence electrons. The summed E-state index contributed by atoms with van der Waals surface area (Å²) in [5.41, 5.74) is 3.95. The smallest absolute Gasteiger partial charge is 0.317 e. The molecule has 2 aromatic heterocycles. The van der Waals surface area contributed by atoms with Crippen LogP contribution >= 0.6 is 11.6 Å². The Kier molecular flexibility index (Phi) is 6.97. The van der Waals surface area contributed by atoms with Crippen molar-refractivity contribution in [1.29, 1.82) is 0 Å². The second kappa shape index (κ2) is 10.5. The van der Waals surface area contributed by atoms with Gasteiger partial charge in [-0.2, -0.15) is 0 Å². The van der Waals surface area contributed by atoms with Crippen LogP contribution in [0.1, 0.15) is 5.56 Å². The highest BCUT2D eigenvalue weighted by molar-refractivity contribution is 6.34. The Morgan fingerprint density at radius 2 is 1.78 bits per heavy atom. The monoisotopic (exact) mass is 505 g/mol. The van der Waals surface area contributed by atoms with E-state index in [9.17, 15) is 9.18 Å². The number of carbonyl (C=O) groups is 1. The minimum absolute atomic E-state index is 0.0676. The van der Waals surface area contributed by atoms with Gasteiger partial charge in [-0.15, -0.1) is 0 Å². The molecule has 4 aromatic rings. The van der Waals surface area contributed by atoms with Gasteiger partial charge in [-0.3, -0.25) is 14.7 Å². The molecule has 0 aliphatic carbocycles. The molecule has 1 aliphatic rings. The number of benzene rings is 2. The molecule has 0 saturated carbocycles. The molecule has 2 aromatic carbocycles. The number of hydrogen-bond acceptors (Lipinski definition) is 6. The minimum Gasteiger partial charge on any atom is -0.480 e. The van der Waals surface area contributed by atoms with E-state index in [2.05, 4.69) is 20.2 Å². The van der Waals surface area contributed by atoms with Gasteiger partial charge in [0.25, 0.3) is 0 Å². The first-order valence-electron chi connectivity index (χ1n) is 11.7. The molecular formula is C27H25ClFN5O2. The lowest BCUT2D eigenvalue weighted by Crippen LogP contribution is -2.48. The Hall–Kier alpha value is -3.75. The molecule has 0 radical (unpaired) electrons. The predicted molar refractivity (Wildman–Crippen MR) is 140 cm³/mol. The van der Waals surface area contributed by atoms with Crippen molar-refractivity contribution in [3.8, 4) is 11.1 Å². The van der Waals surface area contributed by atoms with Gasteiger partial charge >= 0.3 is 5.97 Å². The number of piperazine rings is 1. The fraction of sp³-hybridized carbons (Fsp3) is 0.222. The zero-order valence-electron chi connectivity index (χ0n) is 19.5. The van der Waals surface area contributed by atoms with E-state index in [0.717, 1.165) is 40.9 Å². The van der Waals surface area contributed by atoms with Gasteiger partial charge in [0, 0.05) is 61.6 Å². The van der Waals surface area contributed by atoms with Crippen LogP contribution in [0.3, 0.4) is 0 Å². The third-order valence-electron chi connectivity index (χ3n) is 6.37. The first-order valence-corrected chi connectivity index (χ1v) is 12.1. The maximum atomic E-state index is 14.1. The van der Waals surface area contributed by atoms with Crippen molar-refractivity contribution in [2.24, 2.45) is 0 Å². The number of aliphatic carboxylic acids is 1. The second-order valence-corrected chi connectivity index (χ2v) is 9.13. The predicted octanol–water partition coefficient (Wildman–Crippen LogP) is 4.91. The van der Waals surface area contributed by atoms with Crippen molar-refractivity contribution in [3.63, 3.8) is 0 Å². The number of hydrogen-bond donors (Lipinski definition) is 2. The topological polar surface area (TPSA) is 81.6 Å². The standard InChI is InChI=1S/C27H25ClFN5O2/c28-22-16-30-24-7-5-18(13-21(24)27(22)32-15-20-3-1-2-4-23(20)29)19-6-8-25(31-14-19)34-11-9-33(10-12-34)17-26(35)36/h1-8,13-14,16H,9-12,15,17H2,(H,30,32)(H,35,36). The molecular weight excluding hydrogens is 481 g/mol. The van der Waals surface area contributed by atoms with Gasteiger partial charge in [-0.1, -0.05) is 35.9 Å². The molecule has 9 heteroatoms. The van der Waals surface area contributed by atoms with Crippen LogP contribution in [-0.4, -0.2) is 58.7 Å². The van der Waals surface area contributed by atoms with E-state index in [4.69, 9.17) is 16.7 Å². The van der Waals surface area contributed by atoms with Crippen LogP contribution in [0.15, 0.2) is 67.0 Å². The average Bonchev–Trinajstić information content (AvgIpc) is 2.89. The number of aromatic nitrogens is 2. The molecule has 0 spiro atoms. The van der Waals surface area contributed by atoms with Gasteiger partial charge in [0.05, 0.1) is 22.8 Å². The molecule has 2 N–H and O–H groups in total. The van der Waals surface area contributed by atoms with Crippen LogP contribution in [0.4, 0.5) is 15.9 Å². The highest BCUT2D eigenvalue weighted by Crippen LogP contribution is 2.33. The number of halogens is 2. The van der Waals surface area contributed by atoms with Gasteiger partial charge in [0.2, 0.25) is 0 Å². The zero-order chi connectivity index (χ0) is 25.1. The summed E-state index contributed by atoms with van der Waals surface area (Å²) in [6.07, 6.45) is 3.43. The number of carboxylic acids is 1. The first kappa shape index (κ1) is 24.0. The van der Waals surface area contributed by atoms with Gasteiger partial charge < -0.3 is 15.3 Å². The lowest BCUT2D eigenvalue weighted by molar-refractivity contribution is -0.138. The van der Waals surface area contributed by atoms with Crippen molar-refractivity contribution in [3.05, 3.63) is 83.4 Å². The number of carboxylic acid groups (broad SMARTS) is 1. The Morgan fingerprint density at radius 3 is 2.50 bits per heavy atom. The lowest BCUT2D eigenvalue weighted by atomic mass is 10.0. The number of nitrogens with zero attached hydrogens (tertiary/aromatic N) is 4. The van der Waals surface area contributed by atoms with E-state index in [1.165, 1.54) is 6.07 Å². The summed E-state index contributed by atoms with van der Waals surface area (Å²) < 4.78 is 14.1. The third kappa shape index (κ3) is 5.24. The molecule has 1 saturated heterocycles. The molecule has 3 heterocycles. The molecule has 0 amide bonds. The van der Waals surface area contributed by atoms with Gasteiger partial charge in [-0.05, 0) is 35.9 Å². The van der Waals surface area contributed by atoms with Crippen LogP contribution < -0.4 is 10.2 Å². The molecule has 36 heavy (non-hydrogen) atoms. The van der Waals surface area contributed by atoms with E-state index in [0.29, 0.717) is 35.9 Å². The summed E-state index contributed by atoms with van der Waals surface area (Å²) in [5, 5.41) is 13.6. The largest absolute Gasteiger partial charge is 0.480 e. The fourth-order valence-electron chi connectivity index (χ4n) is 4.42. The summed E-state index contributed by atoms with van der Waals surface area (Å²) in [5.74, 6) is -0.204. The van der Waals surface area contributed by atoms with Crippen molar-refractivity contribution < 1.29 is 14.3 Å². The summed E-state index contributed by atoms with van der Waals surface area (Å²) in [6.45, 7) is 3.21. The number of rotatable bonds is 7. The second-order valence-electron chi connectivity index (χ2n) is 8.72. The van der Waals surface area contributed by atoms with Crippen LogP contribution in [0.25, 0.3) is 22.0 Å².